The summed E-state index contributed by atoms with van der Waals surface area (Å²) in [4.78, 5) is 5.76. The molecule has 0 fully saturated rings. The van der Waals surface area contributed by atoms with Crippen molar-refractivity contribution in [3.8, 4) is 77.8 Å². The molecule has 0 radical (unpaired) electrons. The highest BCUT2D eigenvalue weighted by Gasteiger charge is 2.26. The molecule has 0 atom stereocenters. The molecule has 0 aliphatic heterocycles. The number of halogens is 2. The predicted octanol–water partition coefficient (Wildman–Crippen LogP) is 32.8. The molecule has 0 unspecified atom stereocenters. The lowest BCUT2D eigenvalue weighted by Crippen LogP contribution is -1.98. The molecule has 0 amide bonds. The number of pyridine rings is 1. The zero-order valence-electron chi connectivity index (χ0n) is 69.9. The Bertz CT molecular complexity index is 8990. The van der Waals surface area contributed by atoms with Crippen LogP contribution in [0.15, 0.2) is 389 Å². The highest BCUT2D eigenvalue weighted by Crippen LogP contribution is 2.49. The second-order valence-corrected chi connectivity index (χ2v) is 34.5. The van der Waals surface area contributed by atoms with E-state index in [1.54, 1.807) is 22.0 Å². The summed E-state index contributed by atoms with van der Waals surface area (Å²) in [5.74, 6) is 0.172. The minimum atomic E-state index is -0.415. The fourth-order valence-corrected chi connectivity index (χ4v) is 20.8. The Balaban J connectivity index is 0.000000108. The van der Waals surface area contributed by atoms with Crippen LogP contribution in [0.4, 0.5) is 8.78 Å². The van der Waals surface area contributed by atoms with Gasteiger partial charge in [0.25, 0.3) is 0 Å². The Morgan fingerprint density at radius 2 is 0.669 bits per heavy atom. The topological polar surface area (TPSA) is 72.0 Å². The number of rotatable bonds is 9. The molecule has 26 aromatic rings. The first-order valence-electron chi connectivity index (χ1n) is 42.9. The lowest BCUT2D eigenvalue weighted by molar-refractivity contribution is 0.575. The molecule has 26 rings (SSSR count). The van der Waals surface area contributed by atoms with Crippen LogP contribution in [0.3, 0.4) is 0 Å². The zero-order chi connectivity index (χ0) is 85.0. The summed E-state index contributed by atoms with van der Waals surface area (Å²) >= 11 is 1.73. The van der Waals surface area contributed by atoms with E-state index in [9.17, 15) is 0 Å². The molecular formula is C116H77F2N5O3S. The van der Waals surface area contributed by atoms with Crippen LogP contribution in [0, 0.1) is 46.3 Å². The van der Waals surface area contributed by atoms with Gasteiger partial charge in [-0.05, 0) is 273 Å². The number of benzene rings is 17. The maximum Gasteiger partial charge on any atom is 0.148 e. The van der Waals surface area contributed by atoms with Gasteiger partial charge in [0.05, 0.1) is 49.8 Å². The first-order valence-corrected chi connectivity index (χ1v) is 43.7. The van der Waals surface area contributed by atoms with Crippen molar-refractivity contribution in [2.45, 2.75) is 34.6 Å². The Kier molecular flexibility index (Phi) is 17.5. The van der Waals surface area contributed by atoms with E-state index < -0.39 is 5.82 Å². The number of para-hydroxylation sites is 4. The van der Waals surface area contributed by atoms with Crippen LogP contribution in [0.5, 0.6) is 0 Å². The predicted molar refractivity (Wildman–Crippen MR) is 525 cm³/mol. The average Bonchev–Trinajstić information content (AvgIpc) is 1.57. The van der Waals surface area contributed by atoms with E-state index >= 15 is 8.78 Å². The molecule has 9 heterocycles. The van der Waals surface area contributed by atoms with Crippen molar-refractivity contribution in [3.05, 3.63) is 416 Å². The molecule has 127 heavy (non-hydrogen) atoms. The Morgan fingerprint density at radius 3 is 1.31 bits per heavy atom. The van der Waals surface area contributed by atoms with Gasteiger partial charge in [-0.25, -0.2) is 8.78 Å². The number of hydrogen-bond donors (Lipinski definition) is 0. The summed E-state index contributed by atoms with van der Waals surface area (Å²) in [7, 11) is 0. The van der Waals surface area contributed by atoms with Crippen LogP contribution < -0.4 is 0 Å². The van der Waals surface area contributed by atoms with Crippen molar-refractivity contribution in [3.63, 3.8) is 0 Å². The SMILES string of the molecule is Cc1cc(F)c2c(c1)c1cc(-c3ccc4oc5ccccc5c4c3)cc(F)c1n2-c1ccc2sc(-c3ccccc3)c(-c3ccccc3)c2c1.Cc1ccc2c(c1)c1cc(-c3ccc4oc5ccccc5c4c3)ccc1n2-c1ccc2oc(C)c(C)c2c1.Cc1ccc2c(c1)c1cc(-c3ccccn3)ccc1n2-c1ccc2c(c1)c1ccccc1n2-c1ccccc1. The van der Waals surface area contributed by atoms with Crippen LogP contribution in [0.25, 0.3) is 230 Å². The first-order chi connectivity index (χ1) is 62.3. The number of thiophene rings is 1. The molecule has 0 saturated heterocycles. The normalized spacial score (nSPS) is 11.9. The van der Waals surface area contributed by atoms with Gasteiger partial charge in [-0.3, -0.25) is 4.98 Å². The number of fused-ring (bicyclic) bond motifs is 20. The van der Waals surface area contributed by atoms with E-state index in [1.165, 1.54) is 110 Å². The van der Waals surface area contributed by atoms with Crippen molar-refractivity contribution in [1.82, 2.24) is 23.3 Å². The number of hydrogen-bond acceptors (Lipinski definition) is 5. The molecule has 0 aliphatic carbocycles. The third kappa shape index (κ3) is 12.4. The Labute approximate surface area is 732 Å². The van der Waals surface area contributed by atoms with Crippen molar-refractivity contribution in [1.29, 1.82) is 0 Å². The highest BCUT2D eigenvalue weighted by molar-refractivity contribution is 7.23. The maximum absolute atomic E-state index is 16.8. The molecule has 11 heteroatoms. The van der Waals surface area contributed by atoms with E-state index in [0.717, 1.165) is 126 Å². The molecule has 604 valence electrons. The average molecular weight is 1660 g/mol. The number of furan rings is 3. The summed E-state index contributed by atoms with van der Waals surface area (Å²) in [6, 6.07) is 128. The van der Waals surface area contributed by atoms with Crippen molar-refractivity contribution in [2.75, 3.05) is 0 Å². The van der Waals surface area contributed by atoms with Crippen molar-refractivity contribution in [2.24, 2.45) is 0 Å². The summed E-state index contributed by atoms with van der Waals surface area (Å²) in [5, 5.41) is 15.3. The highest BCUT2D eigenvalue weighted by atomic mass is 32.1. The van der Waals surface area contributed by atoms with Gasteiger partial charge in [-0.2, -0.15) is 0 Å². The van der Waals surface area contributed by atoms with Crippen LogP contribution >= 0.6 is 11.3 Å². The van der Waals surface area contributed by atoms with Crippen LogP contribution in [-0.2, 0) is 0 Å². The van der Waals surface area contributed by atoms with E-state index in [0.29, 0.717) is 27.5 Å². The summed E-state index contributed by atoms with van der Waals surface area (Å²) in [6.07, 6.45) is 1.86. The summed E-state index contributed by atoms with van der Waals surface area (Å²) < 4.78 is 61.1. The minimum Gasteiger partial charge on any atom is -0.461 e. The van der Waals surface area contributed by atoms with Crippen LogP contribution in [0.1, 0.15) is 28.0 Å². The van der Waals surface area contributed by atoms with Crippen LogP contribution in [0.2, 0.25) is 0 Å². The van der Waals surface area contributed by atoms with Gasteiger partial charge >= 0.3 is 0 Å². The number of aromatic nitrogens is 5. The second kappa shape index (κ2) is 29.7. The Morgan fingerprint density at radius 1 is 0.252 bits per heavy atom. The lowest BCUT2D eigenvalue weighted by Gasteiger charge is -2.11. The minimum absolute atomic E-state index is 0.349. The van der Waals surface area contributed by atoms with Crippen molar-refractivity contribution >= 4 is 163 Å². The van der Waals surface area contributed by atoms with E-state index in [2.05, 4.69) is 288 Å². The zero-order valence-corrected chi connectivity index (χ0v) is 70.7. The molecular weight excluding hydrogens is 1580 g/mol. The summed E-state index contributed by atoms with van der Waals surface area (Å²) in [5.41, 5.74) is 30.4. The quantitative estimate of drug-likeness (QED) is 0.144. The summed E-state index contributed by atoms with van der Waals surface area (Å²) in [6.45, 7) is 10.4. The number of aryl methyl sites for hydroxylation is 5. The van der Waals surface area contributed by atoms with Crippen molar-refractivity contribution < 1.29 is 22.0 Å². The molecule has 0 saturated carbocycles. The molecule has 0 N–H and O–H groups in total. The van der Waals surface area contributed by atoms with Gasteiger partial charge in [0, 0.05) is 125 Å². The van der Waals surface area contributed by atoms with Crippen LogP contribution in [-0.4, -0.2) is 23.3 Å². The third-order valence-corrected chi connectivity index (χ3v) is 26.8. The molecule has 8 nitrogen and oxygen atoms in total. The maximum atomic E-state index is 16.8. The van der Waals surface area contributed by atoms with Gasteiger partial charge in [0.2, 0.25) is 0 Å². The fourth-order valence-electron chi connectivity index (χ4n) is 19.6. The van der Waals surface area contributed by atoms with Gasteiger partial charge in [0.1, 0.15) is 45.3 Å². The van der Waals surface area contributed by atoms with Gasteiger partial charge < -0.3 is 31.5 Å². The first kappa shape index (κ1) is 74.8. The Hall–Kier alpha value is -16.0. The molecule has 9 aromatic heterocycles. The third-order valence-electron chi connectivity index (χ3n) is 25.6. The second-order valence-electron chi connectivity index (χ2n) is 33.4. The van der Waals surface area contributed by atoms with Gasteiger partial charge in [0.15, 0.2) is 0 Å². The smallest absolute Gasteiger partial charge is 0.148 e. The molecule has 0 bridgehead atoms. The monoisotopic (exact) mass is 1660 g/mol. The lowest BCUT2D eigenvalue weighted by atomic mass is 9.98. The van der Waals surface area contributed by atoms with E-state index in [1.807, 2.05) is 129 Å². The van der Waals surface area contributed by atoms with E-state index in [4.69, 9.17) is 13.3 Å². The fraction of sp³-hybridized carbons (Fsp3) is 0.0431. The molecule has 0 aliphatic rings. The standard InChI is InChI=1S/C45H27F2NOS.C36H25N3.C35H25NO2/c1-26-20-34-35-23-30(29-16-18-40-33(22-29)32-14-8-9-15-39(32)49-40)24-38(47)44(35)48(43(34)37(46)21-26)31-17-19-41-36(25-31)42(27-10-4-2-5-11-27)45(50-41)28-12-6-3-7-13-28;1-24-14-17-34-29(21-24)30-22-25(32-12-7-8-20-37-32)15-18-35(30)39(34)27-16-19-36-31(23-27)28-11-5-6-13-33(28)38(36)26-9-3-2-4-10-26;1-20-8-12-31-28(16-20)29-17-23(24-10-14-35-30(18-24)26-6-4-5-7-33(26)38-35)9-13-32(29)36(31)25-11-15-34-27(19-25)21(2)22(3)37-34/h2-25H,1H3;2-23H,1H3;4-19H,1-3H3. The van der Waals surface area contributed by atoms with Gasteiger partial charge in [-0.15, -0.1) is 11.3 Å². The van der Waals surface area contributed by atoms with E-state index in [-0.39, 0.29) is 5.82 Å². The largest absolute Gasteiger partial charge is 0.461 e. The molecule has 17 aromatic carbocycles. The van der Waals surface area contributed by atoms with Gasteiger partial charge in [-0.1, -0.05) is 187 Å². The number of nitrogens with zero attached hydrogens (tertiary/aromatic N) is 5. The molecule has 0 spiro atoms.